The molecule has 0 saturated carbocycles. The van der Waals surface area contributed by atoms with Gasteiger partial charge in [0.15, 0.2) is 5.96 Å². The van der Waals surface area contributed by atoms with Gasteiger partial charge in [-0.15, -0.1) is 24.0 Å². The quantitative estimate of drug-likeness (QED) is 0.302. The Labute approximate surface area is 165 Å². The molecule has 136 valence electrons. The molecule has 1 aliphatic rings. The number of furan rings is 1. The molecule has 2 aromatic heterocycles. The van der Waals surface area contributed by atoms with Crippen molar-refractivity contribution in [2.45, 2.75) is 38.8 Å². The van der Waals surface area contributed by atoms with Crippen LogP contribution < -0.4 is 10.6 Å². The van der Waals surface area contributed by atoms with Crippen LogP contribution >= 0.6 is 24.0 Å². The number of nitrogens with one attached hydrogen (secondary N) is 2. The summed E-state index contributed by atoms with van der Waals surface area (Å²) < 4.78 is 7.32. The highest BCUT2D eigenvalue weighted by atomic mass is 127. The van der Waals surface area contributed by atoms with Gasteiger partial charge in [-0.3, -0.25) is 0 Å². The molecule has 0 aromatic carbocycles. The first kappa shape index (κ1) is 19.5. The molecule has 0 fully saturated rings. The fraction of sp³-hybridized carbons (Fsp3) is 0.471. The zero-order valence-corrected chi connectivity index (χ0v) is 16.8. The zero-order chi connectivity index (χ0) is 16.8. The minimum atomic E-state index is 0. The van der Waals surface area contributed by atoms with E-state index in [1.165, 1.54) is 0 Å². The van der Waals surface area contributed by atoms with Gasteiger partial charge in [0.05, 0.1) is 19.4 Å². The minimum Gasteiger partial charge on any atom is -0.469 e. The van der Waals surface area contributed by atoms with Crippen LogP contribution in [-0.4, -0.2) is 39.9 Å². The van der Waals surface area contributed by atoms with Crippen molar-refractivity contribution in [1.82, 2.24) is 25.4 Å². The van der Waals surface area contributed by atoms with Crippen LogP contribution in [0.4, 0.5) is 0 Å². The first-order chi connectivity index (χ1) is 11.7. The standard InChI is InChI=1S/C17H24N6O.HI/c1-13(2)10-19-17(18-8-7-15-4-3-9-24-15)22-14-5-6-16-20-12-21-23(16)11-14;/h3-4,9,12,14H,1,5-8,10-11H2,2H3,(H2,18,19,22);1H. The van der Waals surface area contributed by atoms with Crippen molar-refractivity contribution in [1.29, 1.82) is 0 Å². The van der Waals surface area contributed by atoms with Crippen LogP contribution in [0, 0.1) is 0 Å². The van der Waals surface area contributed by atoms with E-state index in [1.807, 2.05) is 23.7 Å². The highest BCUT2D eigenvalue weighted by Gasteiger charge is 2.20. The third kappa shape index (κ3) is 5.87. The number of aromatic nitrogens is 3. The summed E-state index contributed by atoms with van der Waals surface area (Å²) in [6.45, 7) is 8.07. The van der Waals surface area contributed by atoms with Crippen molar-refractivity contribution in [3.63, 3.8) is 0 Å². The van der Waals surface area contributed by atoms with Crippen LogP contribution in [0.3, 0.4) is 0 Å². The molecule has 0 spiro atoms. The van der Waals surface area contributed by atoms with Gasteiger partial charge in [0, 0.05) is 25.4 Å². The fourth-order valence-corrected chi connectivity index (χ4v) is 2.67. The predicted octanol–water partition coefficient (Wildman–Crippen LogP) is 2.16. The summed E-state index contributed by atoms with van der Waals surface area (Å²) >= 11 is 0. The number of rotatable bonds is 6. The number of halogens is 1. The second kappa shape index (κ2) is 9.59. The van der Waals surface area contributed by atoms with Crippen molar-refractivity contribution >= 4 is 29.9 Å². The molecule has 0 radical (unpaired) electrons. The van der Waals surface area contributed by atoms with Crippen LogP contribution in [0.2, 0.25) is 0 Å². The normalized spacial score (nSPS) is 16.7. The molecule has 3 heterocycles. The maximum atomic E-state index is 5.36. The van der Waals surface area contributed by atoms with E-state index in [0.29, 0.717) is 12.6 Å². The fourth-order valence-electron chi connectivity index (χ4n) is 2.67. The summed E-state index contributed by atoms with van der Waals surface area (Å²) in [4.78, 5) is 8.86. The highest BCUT2D eigenvalue weighted by molar-refractivity contribution is 14.0. The number of hydrogen-bond donors (Lipinski definition) is 2. The molecular weight excluding hydrogens is 431 g/mol. The van der Waals surface area contributed by atoms with E-state index in [9.17, 15) is 0 Å². The first-order valence-corrected chi connectivity index (χ1v) is 8.29. The average Bonchev–Trinajstić information content (AvgIpc) is 3.23. The number of aliphatic imine (C=N–C) groups is 1. The van der Waals surface area contributed by atoms with Crippen LogP contribution in [0.15, 0.2) is 46.3 Å². The molecule has 0 aliphatic carbocycles. The van der Waals surface area contributed by atoms with E-state index in [0.717, 1.165) is 55.5 Å². The predicted molar refractivity (Wildman–Crippen MR) is 108 cm³/mol. The van der Waals surface area contributed by atoms with Gasteiger partial charge in [-0.1, -0.05) is 12.2 Å². The van der Waals surface area contributed by atoms with Gasteiger partial charge in [0.2, 0.25) is 0 Å². The summed E-state index contributed by atoms with van der Waals surface area (Å²) in [5.74, 6) is 2.82. The number of aryl methyl sites for hydroxylation is 1. The van der Waals surface area contributed by atoms with Crippen molar-refractivity contribution in [2.75, 3.05) is 13.1 Å². The lowest BCUT2D eigenvalue weighted by molar-refractivity contribution is 0.392. The Morgan fingerprint density at radius 2 is 2.40 bits per heavy atom. The minimum absolute atomic E-state index is 0. The number of hydrogen-bond acceptors (Lipinski definition) is 4. The van der Waals surface area contributed by atoms with E-state index < -0.39 is 0 Å². The van der Waals surface area contributed by atoms with Crippen molar-refractivity contribution < 1.29 is 4.42 Å². The maximum absolute atomic E-state index is 5.36. The first-order valence-electron chi connectivity index (χ1n) is 8.29. The topological polar surface area (TPSA) is 80.3 Å². The molecular formula is C17H25IN6O. The number of fused-ring (bicyclic) bond motifs is 1. The number of nitrogens with zero attached hydrogens (tertiary/aromatic N) is 4. The summed E-state index contributed by atoms with van der Waals surface area (Å²) in [5.41, 5.74) is 1.03. The molecule has 0 bridgehead atoms. The van der Waals surface area contributed by atoms with Crippen LogP contribution in [-0.2, 0) is 19.4 Å². The highest BCUT2D eigenvalue weighted by Crippen LogP contribution is 2.11. The lowest BCUT2D eigenvalue weighted by atomic mass is 10.1. The number of guanidine groups is 1. The second-order valence-corrected chi connectivity index (χ2v) is 6.12. The van der Waals surface area contributed by atoms with E-state index in [-0.39, 0.29) is 24.0 Å². The van der Waals surface area contributed by atoms with Crippen molar-refractivity contribution in [3.8, 4) is 0 Å². The molecule has 8 heteroatoms. The second-order valence-electron chi connectivity index (χ2n) is 6.12. The maximum Gasteiger partial charge on any atom is 0.191 e. The lowest BCUT2D eigenvalue weighted by Gasteiger charge is -2.25. The summed E-state index contributed by atoms with van der Waals surface area (Å²) in [7, 11) is 0. The Balaban J connectivity index is 0.00000225. The molecule has 2 N–H and O–H groups in total. The van der Waals surface area contributed by atoms with E-state index in [4.69, 9.17) is 4.42 Å². The van der Waals surface area contributed by atoms with Gasteiger partial charge in [-0.2, -0.15) is 5.10 Å². The molecule has 2 aromatic rings. The van der Waals surface area contributed by atoms with Gasteiger partial charge < -0.3 is 15.1 Å². The van der Waals surface area contributed by atoms with Crippen molar-refractivity contribution in [3.05, 3.63) is 48.5 Å². The van der Waals surface area contributed by atoms with Gasteiger partial charge in [0.25, 0.3) is 0 Å². The Hall–Kier alpha value is -1.84. The van der Waals surface area contributed by atoms with Crippen molar-refractivity contribution in [2.24, 2.45) is 4.99 Å². The summed E-state index contributed by atoms with van der Waals surface area (Å²) in [6, 6.07) is 4.17. The van der Waals surface area contributed by atoms with Crippen LogP contribution in [0.1, 0.15) is 24.9 Å². The van der Waals surface area contributed by atoms with Gasteiger partial charge in [0.1, 0.15) is 17.9 Å². The largest absolute Gasteiger partial charge is 0.469 e. The molecule has 0 amide bonds. The summed E-state index contributed by atoms with van der Waals surface area (Å²) in [5, 5.41) is 11.1. The van der Waals surface area contributed by atoms with Crippen LogP contribution in [0.25, 0.3) is 0 Å². The van der Waals surface area contributed by atoms with Gasteiger partial charge in [-0.25, -0.2) is 14.7 Å². The monoisotopic (exact) mass is 456 g/mol. The molecule has 7 nitrogen and oxygen atoms in total. The van der Waals surface area contributed by atoms with E-state index in [2.05, 4.69) is 32.3 Å². The Kier molecular flexibility index (Phi) is 7.48. The van der Waals surface area contributed by atoms with Gasteiger partial charge in [-0.05, 0) is 25.5 Å². The smallest absolute Gasteiger partial charge is 0.191 e. The van der Waals surface area contributed by atoms with Gasteiger partial charge >= 0.3 is 0 Å². The molecule has 25 heavy (non-hydrogen) atoms. The Bertz CT molecular complexity index is 694. The molecule has 0 saturated heterocycles. The summed E-state index contributed by atoms with van der Waals surface area (Å²) in [6.07, 6.45) is 6.08. The third-order valence-corrected chi connectivity index (χ3v) is 3.90. The average molecular weight is 456 g/mol. The molecule has 1 atom stereocenters. The molecule has 1 aliphatic heterocycles. The molecule has 3 rings (SSSR count). The van der Waals surface area contributed by atoms with E-state index in [1.54, 1.807) is 12.6 Å². The Morgan fingerprint density at radius 3 is 3.16 bits per heavy atom. The molecule has 1 unspecified atom stereocenters. The van der Waals surface area contributed by atoms with E-state index >= 15 is 0 Å². The zero-order valence-electron chi connectivity index (χ0n) is 14.4. The Morgan fingerprint density at radius 1 is 1.52 bits per heavy atom. The SMILES string of the molecule is C=C(C)CN=C(NCCc1ccco1)NC1CCc2ncnn2C1.I. The third-order valence-electron chi connectivity index (χ3n) is 3.90. The lowest BCUT2D eigenvalue weighted by Crippen LogP contribution is -2.47. The van der Waals surface area contributed by atoms with Crippen LogP contribution in [0.5, 0.6) is 0 Å².